The molecule has 5 N–H and O–H groups in total. The van der Waals surface area contributed by atoms with Crippen LogP contribution in [0.2, 0.25) is 10.0 Å². The molecule has 0 saturated carbocycles. The van der Waals surface area contributed by atoms with E-state index in [1.165, 1.54) is 12.1 Å². The van der Waals surface area contributed by atoms with Gasteiger partial charge >= 0.3 is 0 Å². The molecule has 0 spiro atoms. The number of benzene rings is 1. The summed E-state index contributed by atoms with van der Waals surface area (Å²) in [6.07, 6.45) is 0. The van der Waals surface area contributed by atoms with Gasteiger partial charge in [-0.05, 0) is 18.1 Å². The number of nitrogens with two attached hydrogens (primary N) is 1. The van der Waals surface area contributed by atoms with E-state index in [4.69, 9.17) is 28.9 Å². The summed E-state index contributed by atoms with van der Waals surface area (Å²) < 4.78 is 0. The zero-order valence-electron chi connectivity index (χ0n) is 12.0. The van der Waals surface area contributed by atoms with Crippen LogP contribution in [0.4, 0.5) is 5.69 Å². The van der Waals surface area contributed by atoms with E-state index in [1.807, 2.05) is 13.8 Å². The molecule has 0 radical (unpaired) electrons. The van der Waals surface area contributed by atoms with Crippen LogP contribution in [-0.4, -0.2) is 29.5 Å². The molecule has 0 heterocycles. The number of phenols is 1. The lowest BCUT2D eigenvalue weighted by Crippen LogP contribution is -2.46. The Kier molecular flexibility index (Phi) is 8.55. The second kappa shape index (κ2) is 9.05. The highest BCUT2D eigenvalue weighted by atomic mass is 35.5. The lowest BCUT2D eigenvalue weighted by molar-refractivity contribution is -0.125. The van der Waals surface area contributed by atoms with E-state index in [2.05, 4.69) is 10.6 Å². The number of aromatic hydroxyl groups is 1. The van der Waals surface area contributed by atoms with E-state index < -0.39 is 17.9 Å². The Morgan fingerprint density at radius 2 is 1.77 bits per heavy atom. The smallest absolute Gasteiger partial charge is 0.243 e. The third-order valence-electron chi connectivity index (χ3n) is 2.74. The van der Waals surface area contributed by atoms with Crippen molar-refractivity contribution in [1.82, 2.24) is 5.32 Å². The van der Waals surface area contributed by atoms with Crippen molar-refractivity contribution in [2.75, 3.05) is 11.9 Å². The van der Waals surface area contributed by atoms with Gasteiger partial charge in [-0.3, -0.25) is 9.59 Å². The standard InChI is InChI=1S/C13H17Cl2N3O3.ClH/c1-6(2)11(16)13(21)17-5-10(19)18-7-3-8(14)12(20)9(15)4-7;/h3-4,6,11,20H,5,16H2,1-2H3,(H,17,21)(H,18,19);1H/t11-;/m0./s1. The van der Waals surface area contributed by atoms with Gasteiger partial charge in [0.15, 0.2) is 5.75 Å². The molecule has 0 unspecified atom stereocenters. The Bertz CT molecular complexity index is 530. The maximum atomic E-state index is 11.7. The maximum absolute atomic E-state index is 11.7. The Morgan fingerprint density at radius 3 is 2.23 bits per heavy atom. The number of nitrogens with one attached hydrogen (secondary N) is 2. The topological polar surface area (TPSA) is 104 Å². The van der Waals surface area contributed by atoms with Crippen LogP contribution < -0.4 is 16.4 Å². The molecule has 1 aromatic rings. The van der Waals surface area contributed by atoms with E-state index >= 15 is 0 Å². The predicted octanol–water partition coefficient (Wildman–Crippen LogP) is 2.16. The van der Waals surface area contributed by atoms with Crippen molar-refractivity contribution >= 4 is 53.1 Å². The highest BCUT2D eigenvalue weighted by Gasteiger charge is 2.17. The van der Waals surface area contributed by atoms with Gasteiger partial charge in [-0.15, -0.1) is 12.4 Å². The zero-order valence-corrected chi connectivity index (χ0v) is 14.4. The number of phenolic OH excluding ortho intramolecular Hbond substituents is 1. The zero-order chi connectivity index (χ0) is 16.2. The van der Waals surface area contributed by atoms with Gasteiger partial charge in [0, 0.05) is 5.69 Å². The molecule has 0 aliphatic rings. The Hall–Kier alpha value is -1.21. The van der Waals surface area contributed by atoms with Crippen molar-refractivity contribution in [3.63, 3.8) is 0 Å². The van der Waals surface area contributed by atoms with E-state index in [1.54, 1.807) is 0 Å². The van der Waals surface area contributed by atoms with Crippen LogP contribution >= 0.6 is 35.6 Å². The number of carbonyl (C=O) groups is 2. The van der Waals surface area contributed by atoms with Crippen molar-refractivity contribution in [2.24, 2.45) is 11.7 Å². The summed E-state index contributed by atoms with van der Waals surface area (Å²) in [6, 6.07) is 2.03. The lowest BCUT2D eigenvalue weighted by Gasteiger charge is -2.15. The van der Waals surface area contributed by atoms with Gasteiger partial charge in [0.25, 0.3) is 0 Å². The maximum Gasteiger partial charge on any atom is 0.243 e. The summed E-state index contributed by atoms with van der Waals surface area (Å²) in [5, 5.41) is 14.4. The fourth-order valence-electron chi connectivity index (χ4n) is 1.43. The van der Waals surface area contributed by atoms with Crippen LogP contribution in [0.15, 0.2) is 12.1 Å². The molecule has 0 saturated heterocycles. The van der Waals surface area contributed by atoms with Gasteiger partial charge in [0.05, 0.1) is 22.6 Å². The van der Waals surface area contributed by atoms with E-state index in [9.17, 15) is 14.7 Å². The minimum atomic E-state index is -0.671. The third kappa shape index (κ3) is 5.88. The molecule has 9 heteroatoms. The quantitative estimate of drug-likeness (QED) is 0.596. The van der Waals surface area contributed by atoms with Crippen LogP contribution in [0.3, 0.4) is 0 Å². The molecular formula is C13H18Cl3N3O3. The fraction of sp³-hybridized carbons (Fsp3) is 0.385. The Labute approximate surface area is 144 Å². The lowest BCUT2D eigenvalue weighted by atomic mass is 10.1. The molecule has 2 amide bonds. The minimum Gasteiger partial charge on any atom is -0.505 e. The molecule has 0 aliphatic heterocycles. The SMILES string of the molecule is CC(C)[C@H](N)C(=O)NCC(=O)Nc1cc(Cl)c(O)c(Cl)c1.Cl. The second-order valence-corrected chi connectivity index (χ2v) is 5.64. The first-order chi connectivity index (χ1) is 9.72. The molecule has 0 aliphatic carbocycles. The highest BCUT2D eigenvalue weighted by Crippen LogP contribution is 2.34. The van der Waals surface area contributed by atoms with Crippen molar-refractivity contribution in [3.05, 3.63) is 22.2 Å². The molecule has 124 valence electrons. The fourth-order valence-corrected chi connectivity index (χ4v) is 1.92. The van der Waals surface area contributed by atoms with E-state index in [0.717, 1.165) is 0 Å². The average Bonchev–Trinajstić information content (AvgIpc) is 2.41. The largest absolute Gasteiger partial charge is 0.505 e. The van der Waals surface area contributed by atoms with Crippen LogP contribution in [0.25, 0.3) is 0 Å². The van der Waals surface area contributed by atoms with Gasteiger partial charge in [-0.2, -0.15) is 0 Å². The summed E-state index contributed by atoms with van der Waals surface area (Å²) in [7, 11) is 0. The summed E-state index contributed by atoms with van der Waals surface area (Å²) in [6.45, 7) is 3.39. The van der Waals surface area contributed by atoms with Crippen molar-refractivity contribution in [3.8, 4) is 5.75 Å². The van der Waals surface area contributed by atoms with Crippen LogP contribution in [0.5, 0.6) is 5.75 Å². The predicted molar refractivity (Wildman–Crippen MR) is 89.8 cm³/mol. The highest BCUT2D eigenvalue weighted by molar-refractivity contribution is 6.37. The summed E-state index contributed by atoms with van der Waals surface area (Å²) >= 11 is 11.5. The molecule has 1 aromatic carbocycles. The summed E-state index contributed by atoms with van der Waals surface area (Å²) in [4.78, 5) is 23.3. The molecule has 6 nitrogen and oxygen atoms in total. The van der Waals surface area contributed by atoms with Crippen molar-refractivity contribution in [1.29, 1.82) is 0 Å². The molecule has 1 rings (SSSR count). The molecule has 0 bridgehead atoms. The van der Waals surface area contributed by atoms with Gasteiger partial charge in [0.1, 0.15) is 0 Å². The van der Waals surface area contributed by atoms with Crippen molar-refractivity contribution < 1.29 is 14.7 Å². The first kappa shape index (κ1) is 20.8. The Morgan fingerprint density at radius 1 is 1.27 bits per heavy atom. The number of rotatable bonds is 5. The summed E-state index contributed by atoms with van der Waals surface area (Å²) in [5.74, 6) is -1.14. The monoisotopic (exact) mass is 369 g/mol. The van der Waals surface area contributed by atoms with Crippen LogP contribution in [0.1, 0.15) is 13.8 Å². The summed E-state index contributed by atoms with van der Waals surface area (Å²) in [5.41, 5.74) is 5.96. The van der Waals surface area contributed by atoms with E-state index in [-0.39, 0.29) is 40.7 Å². The number of halogens is 3. The second-order valence-electron chi connectivity index (χ2n) is 4.82. The average molecular weight is 371 g/mol. The number of hydrogen-bond donors (Lipinski definition) is 4. The molecule has 0 fully saturated rings. The van der Waals surface area contributed by atoms with Gasteiger partial charge in [0.2, 0.25) is 11.8 Å². The van der Waals surface area contributed by atoms with Crippen molar-refractivity contribution in [2.45, 2.75) is 19.9 Å². The molecule has 22 heavy (non-hydrogen) atoms. The van der Waals surface area contributed by atoms with Crippen LogP contribution in [0, 0.1) is 5.92 Å². The minimum absolute atomic E-state index is 0. The van der Waals surface area contributed by atoms with Gasteiger partial charge < -0.3 is 21.5 Å². The number of carbonyl (C=O) groups excluding carboxylic acids is 2. The molecule has 1 atom stereocenters. The Balaban J connectivity index is 0.00000441. The first-order valence-electron chi connectivity index (χ1n) is 6.23. The number of amides is 2. The normalized spacial score (nSPS) is 11.5. The number of anilines is 1. The first-order valence-corrected chi connectivity index (χ1v) is 6.99. The van der Waals surface area contributed by atoms with Crippen LogP contribution in [-0.2, 0) is 9.59 Å². The number of hydrogen-bond acceptors (Lipinski definition) is 4. The van der Waals surface area contributed by atoms with Gasteiger partial charge in [-0.25, -0.2) is 0 Å². The molecular weight excluding hydrogens is 353 g/mol. The van der Waals surface area contributed by atoms with Gasteiger partial charge in [-0.1, -0.05) is 37.0 Å². The van der Waals surface area contributed by atoms with E-state index in [0.29, 0.717) is 5.69 Å². The third-order valence-corrected chi connectivity index (χ3v) is 3.32. The molecule has 0 aromatic heterocycles.